The average molecular weight is 415 g/mol. The minimum Gasteiger partial charge on any atom is -0.497 e. The lowest BCUT2D eigenvalue weighted by molar-refractivity contribution is -0.122. The van der Waals surface area contributed by atoms with Crippen LogP contribution in [0.4, 0.5) is 4.79 Å². The van der Waals surface area contributed by atoms with E-state index >= 15 is 0 Å². The average Bonchev–Trinajstić information content (AvgIpc) is 3.43. The highest BCUT2D eigenvalue weighted by molar-refractivity contribution is 6.09. The van der Waals surface area contributed by atoms with Gasteiger partial charge in [-0.2, -0.15) is 0 Å². The van der Waals surface area contributed by atoms with Crippen LogP contribution < -0.4 is 15.4 Å². The fraction of sp³-hybridized carbons (Fsp3) is 0.136. The van der Waals surface area contributed by atoms with Crippen LogP contribution in [0.5, 0.6) is 11.6 Å². The van der Waals surface area contributed by atoms with Crippen molar-refractivity contribution < 1.29 is 19.4 Å². The maximum atomic E-state index is 12.7. The summed E-state index contributed by atoms with van der Waals surface area (Å²) in [5.41, 5.74) is -0.200. The summed E-state index contributed by atoms with van der Waals surface area (Å²) in [6.45, 7) is -0.0888. The first kappa shape index (κ1) is 18.6. The molecule has 0 bridgehead atoms. The van der Waals surface area contributed by atoms with Crippen LogP contribution in [0.2, 0.25) is 0 Å². The number of benzene rings is 1. The van der Waals surface area contributed by atoms with Gasteiger partial charge in [-0.3, -0.25) is 15.1 Å². The molecule has 5 rings (SSSR count). The molecule has 1 atom stereocenters. The predicted molar refractivity (Wildman–Crippen MR) is 113 cm³/mol. The number of carbonyl (C=O) groups excluding carboxylic acids is 2. The zero-order valence-electron chi connectivity index (χ0n) is 16.4. The molecule has 3 amide bonds. The fourth-order valence-corrected chi connectivity index (χ4v) is 3.71. The summed E-state index contributed by atoms with van der Waals surface area (Å²) in [4.78, 5) is 32.0. The molecule has 9 nitrogen and oxygen atoms in total. The van der Waals surface area contributed by atoms with Crippen molar-refractivity contribution in [3.8, 4) is 23.5 Å². The Morgan fingerprint density at radius 2 is 2.10 bits per heavy atom. The molecule has 0 unspecified atom stereocenters. The predicted octanol–water partition coefficient (Wildman–Crippen LogP) is 1.86. The number of imide groups is 1. The molecule has 1 aliphatic rings. The number of nitrogens with zero attached hydrogens (tertiary/aromatic N) is 2. The lowest BCUT2D eigenvalue weighted by Gasteiger charge is -2.20. The van der Waals surface area contributed by atoms with Crippen LogP contribution in [0.15, 0.2) is 49.1 Å². The normalized spacial score (nSPS) is 18.0. The summed E-state index contributed by atoms with van der Waals surface area (Å²) >= 11 is 0. The van der Waals surface area contributed by atoms with Crippen LogP contribution in [0.3, 0.4) is 0 Å². The van der Waals surface area contributed by atoms with E-state index in [1.807, 2.05) is 6.07 Å². The van der Waals surface area contributed by atoms with Gasteiger partial charge in [0, 0.05) is 40.9 Å². The highest BCUT2D eigenvalue weighted by atomic mass is 16.5. The maximum Gasteiger partial charge on any atom is 0.323 e. The Morgan fingerprint density at radius 1 is 1.23 bits per heavy atom. The first-order valence-corrected chi connectivity index (χ1v) is 9.43. The summed E-state index contributed by atoms with van der Waals surface area (Å²) in [6, 6.07) is 6.49. The molecule has 0 radical (unpaired) electrons. The van der Waals surface area contributed by atoms with E-state index in [4.69, 9.17) is 4.74 Å². The third-order valence-electron chi connectivity index (χ3n) is 5.29. The van der Waals surface area contributed by atoms with Gasteiger partial charge >= 0.3 is 6.03 Å². The van der Waals surface area contributed by atoms with Gasteiger partial charge in [-0.25, -0.2) is 4.79 Å². The van der Waals surface area contributed by atoms with Gasteiger partial charge in [0.2, 0.25) is 5.54 Å². The van der Waals surface area contributed by atoms with Crippen molar-refractivity contribution >= 4 is 33.6 Å². The highest BCUT2D eigenvalue weighted by Crippen LogP contribution is 2.32. The quantitative estimate of drug-likeness (QED) is 0.301. The van der Waals surface area contributed by atoms with Crippen LogP contribution in [0.1, 0.15) is 5.56 Å². The summed E-state index contributed by atoms with van der Waals surface area (Å²) in [6.07, 6.45) is 6.75. The number of H-pyrrole nitrogens is 1. The van der Waals surface area contributed by atoms with E-state index in [0.717, 1.165) is 16.3 Å². The fourth-order valence-electron chi connectivity index (χ4n) is 3.71. The molecular formula is C22H17N5O4. The highest BCUT2D eigenvalue weighted by Gasteiger charge is 2.46. The SMILES string of the molecule is COc1ccc2cn(C[C@@]3(C#Cc4cncc5cc[nH]c45)NC(=O)NC3=O)c(O)c2c1. The molecule has 4 N–H and O–H groups in total. The largest absolute Gasteiger partial charge is 0.497 e. The van der Waals surface area contributed by atoms with E-state index in [1.165, 1.54) is 11.7 Å². The van der Waals surface area contributed by atoms with Crippen molar-refractivity contribution in [2.75, 3.05) is 7.11 Å². The Morgan fingerprint density at radius 3 is 2.87 bits per heavy atom. The number of ether oxygens (including phenoxy) is 1. The zero-order chi connectivity index (χ0) is 21.6. The van der Waals surface area contributed by atoms with Crippen LogP contribution in [0, 0.1) is 11.8 Å². The lowest BCUT2D eigenvalue weighted by Crippen LogP contribution is -2.49. The van der Waals surface area contributed by atoms with Gasteiger partial charge in [0.1, 0.15) is 5.75 Å². The summed E-state index contributed by atoms with van der Waals surface area (Å²) < 4.78 is 6.70. The van der Waals surface area contributed by atoms with Crippen LogP contribution >= 0.6 is 0 Å². The van der Waals surface area contributed by atoms with E-state index in [2.05, 4.69) is 32.4 Å². The Balaban J connectivity index is 1.59. The summed E-state index contributed by atoms with van der Waals surface area (Å²) in [5, 5.41) is 17.8. The summed E-state index contributed by atoms with van der Waals surface area (Å²) in [5.74, 6) is 5.81. The molecule has 154 valence electrons. The summed E-state index contributed by atoms with van der Waals surface area (Å²) in [7, 11) is 1.54. The number of hydrogen-bond acceptors (Lipinski definition) is 5. The monoisotopic (exact) mass is 415 g/mol. The third kappa shape index (κ3) is 3.02. The van der Waals surface area contributed by atoms with E-state index in [1.54, 1.807) is 43.0 Å². The van der Waals surface area contributed by atoms with Crippen molar-refractivity contribution in [2.24, 2.45) is 0 Å². The number of rotatable bonds is 3. The number of nitrogens with one attached hydrogen (secondary N) is 3. The number of hydrogen-bond donors (Lipinski definition) is 4. The molecular weight excluding hydrogens is 398 g/mol. The molecule has 9 heteroatoms. The molecule has 0 aliphatic carbocycles. The number of methoxy groups -OCH3 is 1. The first-order valence-electron chi connectivity index (χ1n) is 9.43. The first-order chi connectivity index (χ1) is 15.0. The number of aromatic nitrogens is 3. The number of aromatic hydroxyl groups is 1. The number of pyridine rings is 1. The second-order valence-electron chi connectivity index (χ2n) is 7.23. The molecule has 1 aliphatic heterocycles. The molecule has 1 saturated heterocycles. The Bertz CT molecular complexity index is 1420. The molecule has 0 spiro atoms. The van der Waals surface area contributed by atoms with Crippen molar-refractivity contribution in [3.63, 3.8) is 0 Å². The Labute approximate surface area is 176 Å². The van der Waals surface area contributed by atoms with Gasteiger partial charge in [0.05, 0.1) is 24.7 Å². The van der Waals surface area contributed by atoms with Gasteiger partial charge in [0.25, 0.3) is 5.91 Å². The molecule has 4 heterocycles. The third-order valence-corrected chi connectivity index (χ3v) is 5.29. The standard InChI is InChI=1S/C22H17N5O4/c1-31-16-3-2-15-11-27(19(28)17(15)8-16)12-22(20(29)25-21(30)26-22)6-4-13-9-23-10-14-5-7-24-18(13)14/h2-3,5,7-11,24,28H,12H2,1H3,(H2,25,26,29,30)/t22-/m1/s1. The number of fused-ring (bicyclic) bond motifs is 2. The second-order valence-corrected chi connectivity index (χ2v) is 7.23. The minimum absolute atomic E-state index is 0.0582. The zero-order valence-corrected chi connectivity index (χ0v) is 16.4. The Kier molecular flexibility index (Phi) is 4.08. The molecule has 1 fully saturated rings. The number of carbonyl (C=O) groups is 2. The Hall–Kier alpha value is -4.45. The number of aromatic amines is 1. The van der Waals surface area contributed by atoms with E-state index < -0.39 is 17.5 Å². The molecule has 0 saturated carbocycles. The number of amides is 3. The smallest absolute Gasteiger partial charge is 0.323 e. The van der Waals surface area contributed by atoms with Gasteiger partial charge in [-0.1, -0.05) is 11.8 Å². The van der Waals surface area contributed by atoms with Gasteiger partial charge in [-0.15, -0.1) is 0 Å². The molecule has 4 aromatic rings. The molecule has 1 aromatic carbocycles. The van der Waals surface area contributed by atoms with Crippen LogP contribution in [-0.4, -0.2) is 44.2 Å². The second kappa shape index (κ2) is 6.81. The van der Waals surface area contributed by atoms with Gasteiger partial charge in [0.15, 0.2) is 5.88 Å². The van der Waals surface area contributed by atoms with Crippen molar-refractivity contribution in [1.29, 1.82) is 0 Å². The minimum atomic E-state index is -1.57. The van der Waals surface area contributed by atoms with E-state index in [-0.39, 0.29) is 12.4 Å². The maximum absolute atomic E-state index is 12.7. The molecule has 31 heavy (non-hydrogen) atoms. The van der Waals surface area contributed by atoms with Crippen molar-refractivity contribution in [2.45, 2.75) is 12.1 Å². The molecule has 3 aromatic heterocycles. The lowest BCUT2D eigenvalue weighted by atomic mass is 10.00. The topological polar surface area (TPSA) is 121 Å². The van der Waals surface area contributed by atoms with Gasteiger partial charge < -0.3 is 24.7 Å². The van der Waals surface area contributed by atoms with E-state index in [9.17, 15) is 14.7 Å². The van der Waals surface area contributed by atoms with Gasteiger partial charge in [-0.05, 0) is 24.3 Å². The van der Waals surface area contributed by atoms with E-state index in [0.29, 0.717) is 16.7 Å². The van der Waals surface area contributed by atoms with Crippen LogP contribution in [0.25, 0.3) is 21.7 Å². The van der Waals surface area contributed by atoms with Crippen molar-refractivity contribution in [1.82, 2.24) is 25.2 Å². The van der Waals surface area contributed by atoms with Crippen LogP contribution in [-0.2, 0) is 11.3 Å². The number of urea groups is 1. The van der Waals surface area contributed by atoms with Crippen molar-refractivity contribution in [3.05, 3.63) is 54.6 Å².